The summed E-state index contributed by atoms with van der Waals surface area (Å²) >= 11 is 6.77. The predicted molar refractivity (Wildman–Crippen MR) is 85.9 cm³/mol. The molecule has 20 heavy (non-hydrogen) atoms. The van der Waals surface area contributed by atoms with Crippen molar-refractivity contribution < 1.29 is 4.74 Å². The molecule has 0 saturated heterocycles. The lowest BCUT2D eigenvalue weighted by Crippen LogP contribution is -2.14. The van der Waals surface area contributed by atoms with Crippen molar-refractivity contribution >= 4 is 31.9 Å². The molecule has 0 amide bonds. The van der Waals surface area contributed by atoms with Crippen LogP contribution in [-0.2, 0) is 11.3 Å². The van der Waals surface area contributed by atoms with E-state index in [0.29, 0.717) is 16.0 Å². The molecule has 1 heterocycles. The fourth-order valence-corrected chi connectivity index (χ4v) is 2.49. The Balaban J connectivity index is 2.61. The molecular weight excluding hydrogens is 388 g/mol. The van der Waals surface area contributed by atoms with Crippen molar-refractivity contribution in [1.29, 1.82) is 0 Å². The van der Waals surface area contributed by atoms with Crippen LogP contribution in [0.15, 0.2) is 25.9 Å². The number of H-pyrrole nitrogens is 1. The third-order valence-electron chi connectivity index (χ3n) is 2.92. The number of hydrogen-bond donors (Lipinski definition) is 1. The van der Waals surface area contributed by atoms with E-state index in [0.717, 1.165) is 21.2 Å². The molecule has 0 saturated carbocycles. The largest absolute Gasteiger partial charge is 0.378 e. The highest BCUT2D eigenvalue weighted by Crippen LogP contribution is 2.27. The fourth-order valence-electron chi connectivity index (χ4n) is 1.96. The number of hydrogen-bond acceptors (Lipinski definition) is 3. The average molecular weight is 402 g/mol. The first-order valence-corrected chi connectivity index (χ1v) is 7.57. The van der Waals surface area contributed by atoms with Crippen LogP contribution >= 0.6 is 31.9 Å². The highest BCUT2D eigenvalue weighted by molar-refractivity contribution is 9.10. The third-order valence-corrected chi connectivity index (χ3v) is 4.99. The Labute approximate surface area is 133 Å². The van der Waals surface area contributed by atoms with Gasteiger partial charge in [-0.3, -0.25) is 4.79 Å². The number of methoxy groups -OCH3 is 1. The molecule has 2 aromatic rings. The highest BCUT2D eigenvalue weighted by atomic mass is 79.9. The average Bonchev–Trinajstić information content (AvgIpc) is 2.40. The zero-order valence-electron chi connectivity index (χ0n) is 11.4. The molecule has 106 valence electrons. The second kappa shape index (κ2) is 6.20. The Hall–Kier alpha value is -0.980. The minimum Gasteiger partial charge on any atom is -0.378 e. The van der Waals surface area contributed by atoms with Crippen molar-refractivity contribution in [2.75, 3.05) is 7.11 Å². The van der Waals surface area contributed by atoms with Gasteiger partial charge in [-0.25, -0.2) is 4.98 Å². The van der Waals surface area contributed by atoms with E-state index in [4.69, 9.17) is 4.74 Å². The standard InChI is InChI=1S/C14H14Br2N2O2/c1-7-4-9(5-8(2)11(7)15)13-17-10(6-20-3)12(16)14(19)18-13/h4-5H,6H2,1-3H3,(H,17,18,19). The van der Waals surface area contributed by atoms with E-state index in [-0.39, 0.29) is 12.2 Å². The van der Waals surface area contributed by atoms with Crippen molar-refractivity contribution in [2.24, 2.45) is 0 Å². The summed E-state index contributed by atoms with van der Waals surface area (Å²) in [5.74, 6) is 0.545. The lowest BCUT2D eigenvalue weighted by atomic mass is 10.1. The molecule has 1 aromatic heterocycles. The summed E-state index contributed by atoms with van der Waals surface area (Å²) in [5, 5.41) is 0. The fraction of sp³-hybridized carbons (Fsp3) is 0.286. The van der Waals surface area contributed by atoms with Crippen molar-refractivity contribution in [3.05, 3.63) is 48.3 Å². The summed E-state index contributed by atoms with van der Waals surface area (Å²) in [6, 6.07) is 3.97. The van der Waals surface area contributed by atoms with E-state index in [1.165, 1.54) is 0 Å². The SMILES string of the molecule is COCc1nc(-c2cc(C)c(Br)c(C)c2)[nH]c(=O)c1Br. The van der Waals surface area contributed by atoms with Gasteiger partial charge in [0.2, 0.25) is 0 Å². The topological polar surface area (TPSA) is 55.0 Å². The summed E-state index contributed by atoms with van der Waals surface area (Å²) < 4.78 is 6.55. The Morgan fingerprint density at radius 1 is 1.20 bits per heavy atom. The normalized spacial score (nSPS) is 10.8. The first-order valence-electron chi connectivity index (χ1n) is 5.98. The van der Waals surface area contributed by atoms with Crippen LogP contribution in [0.2, 0.25) is 0 Å². The predicted octanol–water partition coefficient (Wildman–Crippen LogP) is 3.73. The molecule has 0 aliphatic rings. The molecule has 0 fully saturated rings. The van der Waals surface area contributed by atoms with Crippen molar-refractivity contribution in [1.82, 2.24) is 9.97 Å². The molecule has 0 atom stereocenters. The molecule has 0 bridgehead atoms. The van der Waals surface area contributed by atoms with E-state index < -0.39 is 0 Å². The van der Waals surface area contributed by atoms with Crippen LogP contribution in [0, 0.1) is 13.8 Å². The van der Waals surface area contributed by atoms with E-state index in [1.807, 2.05) is 26.0 Å². The Morgan fingerprint density at radius 2 is 1.80 bits per heavy atom. The lowest BCUT2D eigenvalue weighted by molar-refractivity contribution is 0.180. The minimum absolute atomic E-state index is 0.208. The van der Waals surface area contributed by atoms with Crippen molar-refractivity contribution in [3.63, 3.8) is 0 Å². The number of halogens is 2. The van der Waals surface area contributed by atoms with Gasteiger partial charge in [0, 0.05) is 17.1 Å². The molecular formula is C14H14Br2N2O2. The van der Waals surface area contributed by atoms with Crippen LogP contribution in [0.1, 0.15) is 16.8 Å². The Bertz CT molecular complexity index is 688. The van der Waals surface area contributed by atoms with Gasteiger partial charge in [0.15, 0.2) is 0 Å². The molecule has 0 aliphatic carbocycles. The first-order chi connectivity index (χ1) is 9.43. The quantitative estimate of drug-likeness (QED) is 0.852. The number of nitrogens with zero attached hydrogens (tertiary/aromatic N) is 1. The van der Waals surface area contributed by atoms with Gasteiger partial charge in [0.25, 0.3) is 5.56 Å². The zero-order valence-corrected chi connectivity index (χ0v) is 14.6. The van der Waals surface area contributed by atoms with Gasteiger partial charge in [-0.15, -0.1) is 0 Å². The summed E-state index contributed by atoms with van der Waals surface area (Å²) in [6.07, 6.45) is 0. The maximum Gasteiger partial charge on any atom is 0.265 e. The number of aromatic amines is 1. The van der Waals surface area contributed by atoms with Gasteiger partial charge in [-0.1, -0.05) is 15.9 Å². The molecule has 0 unspecified atom stereocenters. The van der Waals surface area contributed by atoms with E-state index >= 15 is 0 Å². The first kappa shape index (κ1) is 15.4. The van der Waals surface area contributed by atoms with Gasteiger partial charge in [-0.05, 0) is 53.0 Å². The van der Waals surface area contributed by atoms with Crippen LogP contribution in [0.25, 0.3) is 11.4 Å². The molecule has 0 aliphatic heterocycles. The number of aromatic nitrogens is 2. The van der Waals surface area contributed by atoms with E-state index in [1.54, 1.807) is 7.11 Å². The number of benzene rings is 1. The molecule has 6 heteroatoms. The summed E-state index contributed by atoms with van der Waals surface area (Å²) in [7, 11) is 1.57. The van der Waals surface area contributed by atoms with Crippen molar-refractivity contribution in [3.8, 4) is 11.4 Å². The monoisotopic (exact) mass is 400 g/mol. The van der Waals surface area contributed by atoms with Crippen LogP contribution < -0.4 is 5.56 Å². The van der Waals surface area contributed by atoms with Gasteiger partial charge in [-0.2, -0.15) is 0 Å². The van der Waals surface area contributed by atoms with Gasteiger partial charge >= 0.3 is 0 Å². The maximum atomic E-state index is 11.9. The smallest absolute Gasteiger partial charge is 0.265 e. The number of nitrogens with one attached hydrogen (secondary N) is 1. The maximum absolute atomic E-state index is 11.9. The lowest BCUT2D eigenvalue weighted by Gasteiger charge is -2.09. The summed E-state index contributed by atoms with van der Waals surface area (Å²) in [5.41, 5.74) is 3.45. The minimum atomic E-state index is -0.208. The number of rotatable bonds is 3. The molecule has 1 aromatic carbocycles. The molecule has 0 radical (unpaired) electrons. The summed E-state index contributed by atoms with van der Waals surface area (Å²) in [4.78, 5) is 19.2. The third kappa shape index (κ3) is 3.02. The van der Waals surface area contributed by atoms with Gasteiger partial charge in [0.05, 0.1) is 12.3 Å². The molecule has 2 rings (SSSR count). The van der Waals surface area contributed by atoms with Gasteiger partial charge in [0.1, 0.15) is 10.3 Å². The molecule has 1 N–H and O–H groups in total. The van der Waals surface area contributed by atoms with E-state index in [2.05, 4.69) is 41.8 Å². The zero-order chi connectivity index (χ0) is 14.9. The Kier molecular flexibility index (Phi) is 4.78. The van der Waals surface area contributed by atoms with E-state index in [9.17, 15) is 4.79 Å². The van der Waals surface area contributed by atoms with Gasteiger partial charge < -0.3 is 9.72 Å². The van der Waals surface area contributed by atoms with Crippen LogP contribution in [0.5, 0.6) is 0 Å². The summed E-state index contributed by atoms with van der Waals surface area (Å²) in [6.45, 7) is 4.30. The number of aryl methyl sites for hydroxylation is 2. The molecule has 4 nitrogen and oxygen atoms in total. The molecule has 0 spiro atoms. The Morgan fingerprint density at radius 3 is 2.35 bits per heavy atom. The second-order valence-corrected chi connectivity index (χ2v) is 6.12. The van der Waals surface area contributed by atoms with Crippen molar-refractivity contribution in [2.45, 2.75) is 20.5 Å². The van der Waals surface area contributed by atoms with Crippen LogP contribution in [0.3, 0.4) is 0 Å². The second-order valence-electron chi connectivity index (χ2n) is 4.53. The van der Waals surface area contributed by atoms with Crippen LogP contribution in [-0.4, -0.2) is 17.1 Å². The highest BCUT2D eigenvalue weighted by Gasteiger charge is 2.12. The van der Waals surface area contributed by atoms with Crippen LogP contribution in [0.4, 0.5) is 0 Å². The number of ether oxygens (including phenoxy) is 1.